The summed E-state index contributed by atoms with van der Waals surface area (Å²) in [5.41, 5.74) is 1.54. The van der Waals surface area contributed by atoms with Crippen LogP contribution in [0.25, 0.3) is 0 Å². The summed E-state index contributed by atoms with van der Waals surface area (Å²) in [7, 11) is 0. The minimum atomic E-state index is -0.668. The molecule has 0 spiro atoms. The van der Waals surface area contributed by atoms with Gasteiger partial charge in [0, 0.05) is 10.9 Å². The number of ether oxygens (including phenoxy) is 1. The fourth-order valence-electron chi connectivity index (χ4n) is 2.08. The summed E-state index contributed by atoms with van der Waals surface area (Å²) >= 11 is 3.25. The van der Waals surface area contributed by atoms with Crippen LogP contribution < -0.4 is 4.74 Å². The van der Waals surface area contributed by atoms with E-state index >= 15 is 0 Å². The van der Waals surface area contributed by atoms with Gasteiger partial charge < -0.3 is 9.84 Å². The molecule has 4 heteroatoms. The molecule has 2 rings (SSSR count). The summed E-state index contributed by atoms with van der Waals surface area (Å²) in [5.74, 6) is 0.483. The monoisotopic (exact) mass is 352 g/mol. The number of halogens is 2. The highest BCUT2D eigenvalue weighted by atomic mass is 79.9. The first kappa shape index (κ1) is 16.0. The predicted molar refractivity (Wildman–Crippen MR) is 85.0 cm³/mol. The first-order valence-corrected chi connectivity index (χ1v) is 7.73. The van der Waals surface area contributed by atoms with Gasteiger partial charge in [-0.25, -0.2) is 4.39 Å². The molecule has 2 aromatic rings. The van der Waals surface area contributed by atoms with E-state index in [2.05, 4.69) is 22.9 Å². The second kappa shape index (κ2) is 7.57. The third kappa shape index (κ3) is 4.83. The molecule has 0 aliphatic heterocycles. The lowest BCUT2D eigenvalue weighted by atomic mass is 10.0. The number of rotatable bonds is 6. The molecule has 1 atom stereocenters. The summed E-state index contributed by atoms with van der Waals surface area (Å²) in [6.07, 6.45) is 0.656. The lowest BCUT2D eigenvalue weighted by Gasteiger charge is -2.12. The molecule has 0 aliphatic carbocycles. The molecule has 0 radical (unpaired) electrons. The molecular formula is C17H18BrFO2. The van der Waals surface area contributed by atoms with E-state index in [4.69, 9.17) is 4.74 Å². The average molecular weight is 353 g/mol. The molecule has 0 bridgehead atoms. The third-order valence-corrected chi connectivity index (χ3v) is 3.55. The van der Waals surface area contributed by atoms with E-state index in [-0.39, 0.29) is 5.82 Å². The smallest absolute Gasteiger partial charge is 0.124 e. The highest BCUT2D eigenvalue weighted by Gasteiger charge is 2.10. The van der Waals surface area contributed by atoms with Gasteiger partial charge >= 0.3 is 0 Å². The first-order valence-electron chi connectivity index (χ1n) is 6.94. The Labute approximate surface area is 132 Å². The van der Waals surface area contributed by atoms with Crippen molar-refractivity contribution in [2.75, 3.05) is 6.61 Å². The molecule has 112 valence electrons. The second-order valence-electron chi connectivity index (χ2n) is 4.92. The number of hydrogen-bond donors (Lipinski definition) is 1. The van der Waals surface area contributed by atoms with Crippen LogP contribution in [0.2, 0.25) is 0 Å². The number of benzene rings is 2. The van der Waals surface area contributed by atoms with Crippen molar-refractivity contribution in [3.63, 3.8) is 0 Å². The van der Waals surface area contributed by atoms with Gasteiger partial charge in [0.1, 0.15) is 11.6 Å². The molecule has 1 N–H and O–H groups in total. The maximum Gasteiger partial charge on any atom is 0.124 e. The maximum absolute atomic E-state index is 13.3. The molecule has 0 aliphatic rings. The van der Waals surface area contributed by atoms with Crippen LogP contribution >= 0.6 is 15.9 Å². The standard InChI is InChI=1S/C17H18BrFO2/c1-2-7-21-16-5-3-13(4-6-16)17(20)10-12-8-14(18)11-15(19)9-12/h3-6,8-9,11,17,20H,2,7,10H2,1H3. The zero-order valence-corrected chi connectivity index (χ0v) is 13.4. The van der Waals surface area contributed by atoms with Crippen LogP contribution in [0.4, 0.5) is 4.39 Å². The van der Waals surface area contributed by atoms with Crippen molar-refractivity contribution in [2.45, 2.75) is 25.9 Å². The molecule has 0 saturated carbocycles. The van der Waals surface area contributed by atoms with Gasteiger partial charge in [-0.3, -0.25) is 0 Å². The van der Waals surface area contributed by atoms with Crippen LogP contribution in [0.1, 0.15) is 30.6 Å². The van der Waals surface area contributed by atoms with Crippen LogP contribution in [0.3, 0.4) is 0 Å². The van der Waals surface area contributed by atoms with E-state index in [1.165, 1.54) is 12.1 Å². The van der Waals surface area contributed by atoms with E-state index < -0.39 is 6.10 Å². The number of aliphatic hydroxyl groups is 1. The molecule has 0 aromatic heterocycles. The highest BCUT2D eigenvalue weighted by Crippen LogP contribution is 2.23. The summed E-state index contributed by atoms with van der Waals surface area (Å²) in [6, 6.07) is 12.0. The molecule has 21 heavy (non-hydrogen) atoms. The fourth-order valence-corrected chi connectivity index (χ4v) is 2.59. The molecule has 0 fully saturated rings. The van der Waals surface area contributed by atoms with Crippen molar-refractivity contribution in [1.29, 1.82) is 0 Å². The molecule has 0 amide bonds. The average Bonchev–Trinajstić information content (AvgIpc) is 2.44. The summed E-state index contributed by atoms with van der Waals surface area (Å²) < 4.78 is 19.5. The van der Waals surface area contributed by atoms with Gasteiger partial charge in [-0.15, -0.1) is 0 Å². The predicted octanol–water partition coefficient (Wildman–Crippen LogP) is 4.65. The van der Waals surface area contributed by atoms with E-state index in [0.717, 1.165) is 23.3 Å². The van der Waals surface area contributed by atoms with Crippen molar-refractivity contribution in [3.8, 4) is 5.75 Å². The Morgan fingerprint density at radius 2 is 1.90 bits per heavy atom. The lowest BCUT2D eigenvalue weighted by molar-refractivity contribution is 0.178. The van der Waals surface area contributed by atoms with Gasteiger partial charge in [0.25, 0.3) is 0 Å². The van der Waals surface area contributed by atoms with Crippen molar-refractivity contribution < 1.29 is 14.2 Å². The van der Waals surface area contributed by atoms with E-state index in [9.17, 15) is 9.50 Å². The van der Waals surface area contributed by atoms with Crippen molar-refractivity contribution in [1.82, 2.24) is 0 Å². The topological polar surface area (TPSA) is 29.5 Å². The minimum absolute atomic E-state index is 0.310. The number of hydrogen-bond acceptors (Lipinski definition) is 2. The first-order chi connectivity index (χ1) is 10.1. The lowest BCUT2D eigenvalue weighted by Crippen LogP contribution is -2.02. The largest absolute Gasteiger partial charge is 0.494 e. The van der Waals surface area contributed by atoms with Crippen molar-refractivity contribution >= 4 is 15.9 Å². The van der Waals surface area contributed by atoms with Gasteiger partial charge in [0.05, 0.1) is 12.7 Å². The number of aliphatic hydroxyl groups excluding tert-OH is 1. The van der Waals surface area contributed by atoms with Crippen LogP contribution in [0, 0.1) is 5.82 Å². The molecule has 0 saturated heterocycles. The second-order valence-corrected chi connectivity index (χ2v) is 5.83. The Morgan fingerprint density at radius 1 is 1.19 bits per heavy atom. The summed E-state index contributed by atoms with van der Waals surface area (Å²) in [5, 5.41) is 10.2. The summed E-state index contributed by atoms with van der Waals surface area (Å²) in [6.45, 7) is 2.73. The Bertz CT molecular complexity index is 564. The van der Waals surface area contributed by atoms with Gasteiger partial charge in [-0.2, -0.15) is 0 Å². The van der Waals surface area contributed by atoms with Crippen LogP contribution in [0.15, 0.2) is 46.9 Å². The highest BCUT2D eigenvalue weighted by molar-refractivity contribution is 9.10. The maximum atomic E-state index is 13.3. The van der Waals surface area contributed by atoms with E-state index in [1.54, 1.807) is 0 Å². The quantitative estimate of drug-likeness (QED) is 0.819. The minimum Gasteiger partial charge on any atom is -0.494 e. The Balaban J connectivity index is 2.04. The van der Waals surface area contributed by atoms with Crippen molar-refractivity contribution in [2.24, 2.45) is 0 Å². The molecule has 0 heterocycles. The van der Waals surface area contributed by atoms with E-state index in [1.807, 2.05) is 30.3 Å². The zero-order valence-electron chi connectivity index (χ0n) is 11.9. The Hall–Kier alpha value is -1.39. The van der Waals surface area contributed by atoms with Crippen molar-refractivity contribution in [3.05, 3.63) is 63.9 Å². The third-order valence-electron chi connectivity index (χ3n) is 3.09. The van der Waals surface area contributed by atoms with Gasteiger partial charge in [0.2, 0.25) is 0 Å². The van der Waals surface area contributed by atoms with Crippen LogP contribution in [0.5, 0.6) is 5.75 Å². The van der Waals surface area contributed by atoms with E-state index in [0.29, 0.717) is 17.5 Å². The van der Waals surface area contributed by atoms with Crippen LogP contribution in [-0.4, -0.2) is 11.7 Å². The molecule has 2 nitrogen and oxygen atoms in total. The van der Waals surface area contributed by atoms with Gasteiger partial charge in [-0.05, 0) is 47.9 Å². The molecular weight excluding hydrogens is 335 g/mol. The molecule has 1 unspecified atom stereocenters. The molecule has 2 aromatic carbocycles. The normalized spacial score (nSPS) is 12.2. The van der Waals surface area contributed by atoms with Gasteiger partial charge in [0.15, 0.2) is 0 Å². The fraction of sp³-hybridized carbons (Fsp3) is 0.294. The Morgan fingerprint density at radius 3 is 2.52 bits per heavy atom. The Kier molecular flexibility index (Phi) is 5.76. The zero-order chi connectivity index (χ0) is 15.2. The summed E-state index contributed by atoms with van der Waals surface area (Å²) in [4.78, 5) is 0. The van der Waals surface area contributed by atoms with Crippen LogP contribution in [-0.2, 0) is 6.42 Å². The van der Waals surface area contributed by atoms with Gasteiger partial charge in [-0.1, -0.05) is 35.0 Å². The SMILES string of the molecule is CCCOc1ccc(C(O)Cc2cc(F)cc(Br)c2)cc1.